The van der Waals surface area contributed by atoms with Gasteiger partial charge in [0.2, 0.25) is 0 Å². The zero-order chi connectivity index (χ0) is 19.2. The quantitative estimate of drug-likeness (QED) is 0.660. The lowest BCUT2D eigenvalue weighted by Gasteiger charge is -2.08. The first-order valence-corrected chi connectivity index (χ1v) is 8.46. The molecule has 0 fully saturated rings. The molecule has 1 amide bonds. The lowest BCUT2D eigenvalue weighted by atomic mass is 10.1. The Bertz CT molecular complexity index is 968. The second-order valence-corrected chi connectivity index (χ2v) is 6.11. The van der Waals surface area contributed by atoms with Crippen molar-refractivity contribution < 1.29 is 13.6 Å². The molecular weight excluding hydrogens is 374 g/mol. The molecule has 2 N–H and O–H groups in total. The van der Waals surface area contributed by atoms with E-state index >= 15 is 0 Å². The summed E-state index contributed by atoms with van der Waals surface area (Å²) in [6.07, 6.45) is 1.95. The summed E-state index contributed by atoms with van der Waals surface area (Å²) < 4.78 is 26.6. The summed E-state index contributed by atoms with van der Waals surface area (Å²) in [6, 6.07) is 11.9. The Labute approximate surface area is 159 Å². The molecule has 0 saturated carbocycles. The Morgan fingerprint density at radius 1 is 1.07 bits per heavy atom. The molecule has 0 bridgehead atoms. The smallest absolute Gasteiger partial charge is 0.274 e. The number of halogens is 3. The number of aromatic nitrogens is 2. The van der Waals surface area contributed by atoms with E-state index in [1.807, 2.05) is 18.2 Å². The topological polar surface area (TPSA) is 66.9 Å². The fraction of sp³-hybridized carbons (Fsp3) is 0.105. The number of carbonyl (C=O) groups is 1. The molecule has 0 aliphatic heterocycles. The maximum atomic E-state index is 13.7. The molecular formula is C19H15ClF2N4O. The minimum absolute atomic E-state index is 0.0546. The minimum Gasteiger partial charge on any atom is -0.370 e. The molecule has 1 heterocycles. The minimum atomic E-state index is -0.864. The first-order chi connectivity index (χ1) is 13.0. The van der Waals surface area contributed by atoms with Gasteiger partial charge in [0.1, 0.15) is 29.5 Å². The van der Waals surface area contributed by atoms with Crippen LogP contribution in [0.15, 0.2) is 54.9 Å². The maximum Gasteiger partial charge on any atom is 0.274 e. The summed E-state index contributed by atoms with van der Waals surface area (Å²) in [4.78, 5) is 20.2. The van der Waals surface area contributed by atoms with E-state index < -0.39 is 17.5 Å². The lowest BCUT2D eigenvalue weighted by Crippen LogP contribution is -2.16. The summed E-state index contributed by atoms with van der Waals surface area (Å²) in [6.45, 7) is 0.574. The van der Waals surface area contributed by atoms with Crippen LogP contribution < -0.4 is 10.6 Å². The van der Waals surface area contributed by atoms with E-state index in [9.17, 15) is 13.6 Å². The van der Waals surface area contributed by atoms with Gasteiger partial charge in [0.15, 0.2) is 0 Å². The van der Waals surface area contributed by atoms with Crippen molar-refractivity contribution in [2.24, 2.45) is 0 Å². The highest BCUT2D eigenvalue weighted by Gasteiger charge is 2.12. The van der Waals surface area contributed by atoms with Crippen LogP contribution in [0.2, 0.25) is 5.02 Å². The summed E-state index contributed by atoms with van der Waals surface area (Å²) in [5.74, 6) is -1.76. The molecule has 0 radical (unpaired) electrons. The van der Waals surface area contributed by atoms with Crippen LogP contribution in [0.5, 0.6) is 0 Å². The molecule has 0 aliphatic rings. The van der Waals surface area contributed by atoms with E-state index in [2.05, 4.69) is 20.6 Å². The zero-order valence-electron chi connectivity index (χ0n) is 14.0. The van der Waals surface area contributed by atoms with Crippen LogP contribution in [0.25, 0.3) is 0 Å². The molecule has 2 aromatic carbocycles. The first-order valence-electron chi connectivity index (χ1n) is 8.08. The number of benzene rings is 2. The molecule has 8 heteroatoms. The maximum absolute atomic E-state index is 13.7. The van der Waals surface area contributed by atoms with E-state index in [0.717, 1.165) is 17.7 Å². The molecule has 0 unspecified atom stereocenters. The highest BCUT2D eigenvalue weighted by molar-refractivity contribution is 6.30. The van der Waals surface area contributed by atoms with Crippen LogP contribution in [-0.4, -0.2) is 22.4 Å². The van der Waals surface area contributed by atoms with Crippen molar-refractivity contribution in [2.45, 2.75) is 6.42 Å². The predicted octanol–water partition coefficient (Wildman–Crippen LogP) is 4.32. The lowest BCUT2D eigenvalue weighted by molar-refractivity contribution is 0.102. The average molecular weight is 389 g/mol. The van der Waals surface area contributed by atoms with Crippen LogP contribution in [0, 0.1) is 11.6 Å². The van der Waals surface area contributed by atoms with Crippen LogP contribution >= 0.6 is 11.6 Å². The zero-order valence-corrected chi connectivity index (χ0v) is 14.8. The summed E-state index contributed by atoms with van der Waals surface area (Å²) in [5, 5.41) is 6.12. The van der Waals surface area contributed by atoms with Gasteiger partial charge in [-0.3, -0.25) is 4.79 Å². The van der Waals surface area contributed by atoms with Gasteiger partial charge in [-0.2, -0.15) is 0 Å². The van der Waals surface area contributed by atoms with Crippen LogP contribution in [0.1, 0.15) is 16.1 Å². The Balaban J connectivity index is 1.61. The van der Waals surface area contributed by atoms with Crippen LogP contribution in [0.3, 0.4) is 0 Å². The van der Waals surface area contributed by atoms with E-state index in [0.29, 0.717) is 29.9 Å². The van der Waals surface area contributed by atoms with Gasteiger partial charge in [0.05, 0.1) is 5.69 Å². The van der Waals surface area contributed by atoms with Gasteiger partial charge in [-0.1, -0.05) is 23.7 Å². The highest BCUT2D eigenvalue weighted by atomic mass is 35.5. The molecule has 5 nitrogen and oxygen atoms in total. The van der Waals surface area contributed by atoms with E-state index in [1.54, 1.807) is 6.07 Å². The van der Waals surface area contributed by atoms with E-state index in [-0.39, 0.29) is 11.4 Å². The first kappa shape index (κ1) is 18.7. The van der Waals surface area contributed by atoms with Gasteiger partial charge in [-0.15, -0.1) is 0 Å². The van der Waals surface area contributed by atoms with Crippen molar-refractivity contribution in [1.29, 1.82) is 0 Å². The van der Waals surface area contributed by atoms with Crippen LogP contribution in [0.4, 0.5) is 20.3 Å². The van der Waals surface area contributed by atoms with Crippen molar-refractivity contribution in [3.05, 3.63) is 82.8 Å². The summed E-state index contributed by atoms with van der Waals surface area (Å²) >= 11 is 5.95. The number of nitrogens with zero attached hydrogens (tertiary/aromatic N) is 2. The number of nitrogens with one attached hydrogen (secondary N) is 2. The number of amides is 1. The molecule has 27 heavy (non-hydrogen) atoms. The Morgan fingerprint density at radius 3 is 2.70 bits per heavy atom. The van der Waals surface area contributed by atoms with Gasteiger partial charge >= 0.3 is 0 Å². The van der Waals surface area contributed by atoms with Crippen molar-refractivity contribution >= 4 is 29.0 Å². The fourth-order valence-corrected chi connectivity index (χ4v) is 2.60. The highest BCUT2D eigenvalue weighted by Crippen LogP contribution is 2.16. The Hall–Kier alpha value is -3.06. The van der Waals surface area contributed by atoms with Gasteiger partial charge in [-0.05, 0) is 36.2 Å². The average Bonchev–Trinajstić information content (AvgIpc) is 2.64. The van der Waals surface area contributed by atoms with E-state index in [4.69, 9.17) is 11.6 Å². The van der Waals surface area contributed by atoms with Gasteiger partial charge in [0, 0.05) is 23.7 Å². The van der Waals surface area contributed by atoms with Gasteiger partial charge in [0.25, 0.3) is 5.91 Å². The van der Waals surface area contributed by atoms with Gasteiger partial charge in [-0.25, -0.2) is 18.7 Å². The number of rotatable bonds is 6. The monoisotopic (exact) mass is 388 g/mol. The number of hydrogen-bond acceptors (Lipinski definition) is 4. The third-order valence-corrected chi connectivity index (χ3v) is 3.92. The molecule has 0 saturated heterocycles. The molecule has 0 atom stereocenters. The Morgan fingerprint density at radius 2 is 1.93 bits per heavy atom. The van der Waals surface area contributed by atoms with Crippen LogP contribution in [-0.2, 0) is 6.42 Å². The molecule has 1 aromatic heterocycles. The second kappa shape index (κ2) is 8.55. The third-order valence-electron chi connectivity index (χ3n) is 3.69. The summed E-state index contributed by atoms with van der Waals surface area (Å²) in [5.41, 5.74) is 0.989. The Kier molecular flexibility index (Phi) is 5.93. The summed E-state index contributed by atoms with van der Waals surface area (Å²) in [7, 11) is 0. The van der Waals surface area contributed by atoms with Crippen molar-refractivity contribution in [1.82, 2.24) is 9.97 Å². The SMILES string of the molecule is O=C(Nc1ccc(F)cc1F)c1cc(NCCc2cccc(Cl)c2)ncn1. The number of carbonyl (C=O) groups excluding carboxylic acids is 1. The third kappa shape index (κ3) is 5.21. The normalized spacial score (nSPS) is 10.5. The molecule has 0 aliphatic carbocycles. The van der Waals surface area contributed by atoms with Gasteiger partial charge < -0.3 is 10.6 Å². The molecule has 3 aromatic rings. The number of anilines is 2. The number of hydrogen-bond donors (Lipinski definition) is 2. The fourth-order valence-electron chi connectivity index (χ4n) is 2.38. The van der Waals surface area contributed by atoms with Crippen molar-refractivity contribution in [3.63, 3.8) is 0 Å². The molecule has 138 valence electrons. The van der Waals surface area contributed by atoms with Crippen molar-refractivity contribution in [2.75, 3.05) is 17.2 Å². The van der Waals surface area contributed by atoms with E-state index in [1.165, 1.54) is 12.4 Å². The molecule has 3 rings (SSSR count). The molecule has 0 spiro atoms. The largest absolute Gasteiger partial charge is 0.370 e. The standard InChI is InChI=1S/C19H15ClF2N4O/c20-13-3-1-2-12(8-13)6-7-23-18-10-17(24-11-25-18)19(27)26-16-5-4-14(21)9-15(16)22/h1-5,8-11H,6-7H2,(H,26,27)(H,23,24,25). The van der Waals surface area contributed by atoms with Crippen molar-refractivity contribution in [3.8, 4) is 0 Å². The second-order valence-electron chi connectivity index (χ2n) is 5.67. The predicted molar refractivity (Wildman–Crippen MR) is 100.0 cm³/mol.